The lowest BCUT2D eigenvalue weighted by Crippen LogP contribution is -2.24. The second-order valence-corrected chi connectivity index (χ2v) is 5.66. The summed E-state index contributed by atoms with van der Waals surface area (Å²) in [6.07, 6.45) is 5.49. The summed E-state index contributed by atoms with van der Waals surface area (Å²) in [7, 11) is 0. The largest absolute Gasteiger partial charge is 0.305 e. The van der Waals surface area contributed by atoms with Crippen molar-refractivity contribution >= 4 is 33.7 Å². The normalized spacial score (nSPS) is 16.1. The molecule has 0 radical (unpaired) electrons. The van der Waals surface area contributed by atoms with Gasteiger partial charge in [0.2, 0.25) is 0 Å². The highest BCUT2D eigenvalue weighted by Crippen LogP contribution is 2.15. The monoisotopic (exact) mass is 352 g/mol. The van der Waals surface area contributed by atoms with E-state index in [1.807, 2.05) is 66.7 Å². The number of hydrogen-bond acceptors (Lipinski definition) is 2. The van der Waals surface area contributed by atoms with E-state index >= 15 is 0 Å². The summed E-state index contributed by atoms with van der Waals surface area (Å²) in [5.41, 5.74) is 2.37. The minimum Gasteiger partial charge on any atom is -0.305 e. The zero-order valence-corrected chi connectivity index (χ0v) is 13.2. The summed E-state index contributed by atoms with van der Waals surface area (Å²) in [4.78, 5) is 16.3. The zero-order valence-electron chi connectivity index (χ0n) is 11.7. The third-order valence-corrected chi connectivity index (χ3v) is 3.69. The van der Waals surface area contributed by atoms with Crippen molar-refractivity contribution in [3.05, 3.63) is 88.0 Å². The first-order valence-corrected chi connectivity index (χ1v) is 7.61. The molecule has 1 N–H and O–H groups in total. The first-order valence-electron chi connectivity index (χ1n) is 6.82. The van der Waals surface area contributed by atoms with Gasteiger partial charge in [0.1, 0.15) is 11.5 Å². The van der Waals surface area contributed by atoms with Gasteiger partial charge in [-0.15, -0.1) is 0 Å². The van der Waals surface area contributed by atoms with Crippen molar-refractivity contribution in [1.82, 2.24) is 5.32 Å². The third-order valence-electron chi connectivity index (χ3n) is 3.16. The van der Waals surface area contributed by atoms with Gasteiger partial charge >= 0.3 is 0 Å². The van der Waals surface area contributed by atoms with Gasteiger partial charge in [0.25, 0.3) is 5.91 Å². The maximum absolute atomic E-state index is 11.9. The molecule has 3 nitrogen and oxygen atoms in total. The fraction of sp³-hybridized carbons (Fsp3) is 0. The molecule has 0 atom stereocenters. The molecule has 0 aromatic heterocycles. The molecule has 0 unspecified atom stereocenters. The van der Waals surface area contributed by atoms with Gasteiger partial charge in [0.05, 0.1) is 0 Å². The number of allylic oxidation sites excluding steroid dienone is 2. The zero-order chi connectivity index (χ0) is 15.4. The third kappa shape index (κ3) is 3.40. The molecule has 22 heavy (non-hydrogen) atoms. The van der Waals surface area contributed by atoms with E-state index in [9.17, 15) is 4.79 Å². The lowest BCUT2D eigenvalue weighted by Gasteiger charge is -1.99. The molecule has 1 amide bonds. The first-order chi connectivity index (χ1) is 10.7. The highest BCUT2D eigenvalue weighted by Gasteiger charge is 2.20. The number of amidine groups is 1. The number of nitrogens with zero attached hydrogens (tertiary/aromatic N) is 1. The Morgan fingerprint density at radius 3 is 2.45 bits per heavy atom. The number of aliphatic imine (C=N–C) groups is 1. The van der Waals surface area contributed by atoms with Crippen LogP contribution in [0.1, 0.15) is 11.1 Å². The van der Waals surface area contributed by atoms with Crippen LogP contribution < -0.4 is 5.32 Å². The van der Waals surface area contributed by atoms with Crippen LogP contribution in [0, 0.1) is 0 Å². The fourth-order valence-electron chi connectivity index (χ4n) is 2.04. The summed E-state index contributed by atoms with van der Waals surface area (Å²) >= 11 is 3.39. The van der Waals surface area contributed by atoms with Gasteiger partial charge in [-0.3, -0.25) is 4.79 Å². The standard InChI is InChI=1S/C18H13BrN2O/c19-15-11-9-14(10-12-15)17-20-16(18(22)21-17)8-4-7-13-5-2-1-3-6-13/h1-12H,(H,20,21,22). The van der Waals surface area contributed by atoms with E-state index in [0.29, 0.717) is 11.5 Å². The van der Waals surface area contributed by atoms with Crippen LogP contribution in [-0.2, 0) is 4.79 Å². The molecule has 1 heterocycles. The number of nitrogens with one attached hydrogen (secondary N) is 1. The molecule has 4 heteroatoms. The van der Waals surface area contributed by atoms with Crippen LogP contribution in [0.3, 0.4) is 0 Å². The molecule has 3 rings (SSSR count). The second kappa shape index (κ2) is 6.54. The van der Waals surface area contributed by atoms with E-state index < -0.39 is 0 Å². The number of carbonyl (C=O) groups is 1. The number of rotatable bonds is 3. The summed E-state index contributed by atoms with van der Waals surface area (Å²) in [5.74, 6) is 0.396. The first kappa shape index (κ1) is 14.5. The summed E-state index contributed by atoms with van der Waals surface area (Å²) in [6, 6.07) is 17.6. The number of carbonyl (C=O) groups excluding carboxylic acids is 1. The fourth-order valence-corrected chi connectivity index (χ4v) is 2.31. The van der Waals surface area contributed by atoms with Crippen molar-refractivity contribution in [2.24, 2.45) is 4.99 Å². The van der Waals surface area contributed by atoms with Crippen molar-refractivity contribution in [2.45, 2.75) is 0 Å². The maximum Gasteiger partial charge on any atom is 0.275 e. The Hall–Kier alpha value is -2.46. The Morgan fingerprint density at radius 2 is 1.73 bits per heavy atom. The molecule has 0 saturated heterocycles. The highest BCUT2D eigenvalue weighted by atomic mass is 79.9. The Labute approximate surface area is 137 Å². The minimum absolute atomic E-state index is 0.185. The molecule has 2 aromatic carbocycles. The molecule has 0 bridgehead atoms. The van der Waals surface area contributed by atoms with Crippen molar-refractivity contribution in [3.63, 3.8) is 0 Å². The van der Waals surface area contributed by atoms with Crippen LogP contribution in [-0.4, -0.2) is 11.7 Å². The second-order valence-electron chi connectivity index (χ2n) is 4.74. The molecule has 0 fully saturated rings. The number of amides is 1. The smallest absolute Gasteiger partial charge is 0.275 e. The number of hydrogen-bond donors (Lipinski definition) is 1. The van der Waals surface area contributed by atoms with Gasteiger partial charge in [0, 0.05) is 10.0 Å². The van der Waals surface area contributed by atoms with Crippen molar-refractivity contribution in [2.75, 3.05) is 0 Å². The Bertz CT molecular complexity index is 774. The Kier molecular flexibility index (Phi) is 4.30. The average Bonchev–Trinajstić information content (AvgIpc) is 2.90. The SMILES string of the molecule is O=C1NC(c2ccc(Br)cc2)=NC1=CC=Cc1ccccc1. The molecule has 0 aliphatic carbocycles. The van der Waals surface area contributed by atoms with Gasteiger partial charge < -0.3 is 5.32 Å². The molecular formula is C18H13BrN2O. The van der Waals surface area contributed by atoms with Gasteiger partial charge in [-0.05, 0) is 23.8 Å². The van der Waals surface area contributed by atoms with Crippen LogP contribution in [0.5, 0.6) is 0 Å². The van der Waals surface area contributed by atoms with Crippen LogP contribution in [0.25, 0.3) is 6.08 Å². The number of halogens is 1. The van der Waals surface area contributed by atoms with Gasteiger partial charge in [-0.25, -0.2) is 4.99 Å². The lowest BCUT2D eigenvalue weighted by atomic mass is 10.2. The quantitative estimate of drug-likeness (QED) is 0.835. The molecule has 2 aromatic rings. The van der Waals surface area contributed by atoms with E-state index in [1.165, 1.54) is 0 Å². The Morgan fingerprint density at radius 1 is 1.00 bits per heavy atom. The molecule has 0 spiro atoms. The van der Waals surface area contributed by atoms with Crippen LogP contribution in [0.15, 0.2) is 81.9 Å². The average molecular weight is 353 g/mol. The van der Waals surface area contributed by atoms with Gasteiger partial charge in [-0.1, -0.05) is 70.5 Å². The van der Waals surface area contributed by atoms with E-state index in [1.54, 1.807) is 6.08 Å². The molecule has 1 aliphatic rings. The molecule has 0 saturated carbocycles. The Balaban J connectivity index is 1.79. The maximum atomic E-state index is 11.9. The van der Waals surface area contributed by atoms with Crippen LogP contribution in [0.4, 0.5) is 0 Å². The minimum atomic E-state index is -0.185. The lowest BCUT2D eigenvalue weighted by molar-refractivity contribution is -0.115. The van der Waals surface area contributed by atoms with E-state index in [2.05, 4.69) is 26.2 Å². The van der Waals surface area contributed by atoms with Crippen molar-refractivity contribution in [3.8, 4) is 0 Å². The van der Waals surface area contributed by atoms with Crippen molar-refractivity contribution in [1.29, 1.82) is 0 Å². The van der Waals surface area contributed by atoms with Gasteiger partial charge in [0.15, 0.2) is 0 Å². The molecule has 108 valence electrons. The topological polar surface area (TPSA) is 41.5 Å². The summed E-state index contributed by atoms with van der Waals surface area (Å²) in [6.45, 7) is 0. The van der Waals surface area contributed by atoms with E-state index in [0.717, 1.165) is 15.6 Å². The van der Waals surface area contributed by atoms with Crippen LogP contribution >= 0.6 is 15.9 Å². The van der Waals surface area contributed by atoms with Crippen molar-refractivity contribution < 1.29 is 4.79 Å². The summed E-state index contributed by atoms with van der Waals surface area (Å²) < 4.78 is 0.989. The predicted octanol–water partition coefficient (Wildman–Crippen LogP) is 3.92. The molecule has 1 aliphatic heterocycles. The summed E-state index contributed by atoms with van der Waals surface area (Å²) in [5, 5.41) is 2.78. The molecular weight excluding hydrogens is 340 g/mol. The van der Waals surface area contributed by atoms with E-state index in [4.69, 9.17) is 0 Å². The van der Waals surface area contributed by atoms with E-state index in [-0.39, 0.29) is 5.91 Å². The predicted molar refractivity (Wildman–Crippen MR) is 92.4 cm³/mol. The van der Waals surface area contributed by atoms with Crippen LogP contribution in [0.2, 0.25) is 0 Å². The highest BCUT2D eigenvalue weighted by molar-refractivity contribution is 9.10. The van der Waals surface area contributed by atoms with Gasteiger partial charge in [-0.2, -0.15) is 0 Å². The number of benzene rings is 2.